The lowest BCUT2D eigenvalue weighted by molar-refractivity contribution is 0.0937. The van der Waals surface area contributed by atoms with E-state index in [1.54, 1.807) is 11.7 Å². The van der Waals surface area contributed by atoms with Crippen molar-refractivity contribution in [1.29, 1.82) is 0 Å². The maximum atomic E-state index is 12.3. The van der Waals surface area contributed by atoms with Gasteiger partial charge in [-0.1, -0.05) is 32.4 Å². The smallest absolute Gasteiger partial charge is 0.251 e. The molecular weight excluding hydrogens is 290 g/mol. The molecule has 1 aliphatic rings. The average Bonchev–Trinajstić information content (AvgIpc) is 3.10. The van der Waals surface area contributed by atoms with Crippen molar-refractivity contribution in [1.82, 2.24) is 25.5 Å². The van der Waals surface area contributed by atoms with Crippen LogP contribution in [0.2, 0.25) is 0 Å². The lowest BCUT2D eigenvalue weighted by atomic mass is 9.82. The highest BCUT2D eigenvalue weighted by molar-refractivity contribution is 5.94. The van der Waals surface area contributed by atoms with Gasteiger partial charge in [-0.2, -0.15) is 0 Å². The number of nitrogens with zero attached hydrogens (tertiary/aromatic N) is 4. The number of tetrazole rings is 1. The quantitative estimate of drug-likeness (QED) is 0.941. The van der Waals surface area contributed by atoms with Crippen molar-refractivity contribution >= 4 is 5.91 Å². The molecule has 1 N–H and O–H groups in total. The summed E-state index contributed by atoms with van der Waals surface area (Å²) in [5.74, 6) is 1.23. The minimum Gasteiger partial charge on any atom is -0.352 e. The standard InChI is InChI=1S/C17H23N5O/c1-17(2)10-4-5-14(17)11-18-16(23)13-8-6-12(7-9-13)15-19-20-21-22(15)3/h6-9,14H,4-5,10-11H2,1-3H3,(H,18,23). The molecule has 3 rings (SSSR count). The van der Waals surface area contributed by atoms with Crippen LogP contribution in [0.25, 0.3) is 11.4 Å². The zero-order valence-electron chi connectivity index (χ0n) is 13.9. The Kier molecular flexibility index (Phi) is 4.15. The summed E-state index contributed by atoms with van der Waals surface area (Å²) in [6.45, 7) is 5.34. The van der Waals surface area contributed by atoms with Crippen LogP contribution in [0, 0.1) is 11.3 Å². The monoisotopic (exact) mass is 313 g/mol. The van der Waals surface area contributed by atoms with Crippen LogP contribution in [-0.4, -0.2) is 32.7 Å². The van der Waals surface area contributed by atoms with Crippen LogP contribution in [0.5, 0.6) is 0 Å². The van der Waals surface area contributed by atoms with E-state index in [0.717, 1.165) is 12.1 Å². The number of nitrogens with one attached hydrogen (secondary N) is 1. The van der Waals surface area contributed by atoms with Gasteiger partial charge in [0.1, 0.15) is 0 Å². The summed E-state index contributed by atoms with van der Waals surface area (Å²) in [4.78, 5) is 12.3. The Morgan fingerprint density at radius 3 is 2.65 bits per heavy atom. The van der Waals surface area contributed by atoms with Crippen molar-refractivity contribution < 1.29 is 4.79 Å². The molecule has 0 saturated heterocycles. The summed E-state index contributed by atoms with van der Waals surface area (Å²) >= 11 is 0. The summed E-state index contributed by atoms with van der Waals surface area (Å²) in [5, 5.41) is 14.5. The lowest BCUT2D eigenvalue weighted by Gasteiger charge is -2.27. The minimum absolute atomic E-state index is 0.0182. The molecule has 6 nitrogen and oxygen atoms in total. The number of rotatable bonds is 4. The van der Waals surface area contributed by atoms with Gasteiger partial charge in [0.25, 0.3) is 5.91 Å². The van der Waals surface area contributed by atoms with E-state index in [9.17, 15) is 4.79 Å². The minimum atomic E-state index is -0.0182. The Morgan fingerprint density at radius 1 is 1.35 bits per heavy atom. The molecule has 0 radical (unpaired) electrons. The van der Waals surface area contributed by atoms with Gasteiger partial charge in [0.15, 0.2) is 5.82 Å². The fourth-order valence-corrected chi connectivity index (χ4v) is 3.34. The van der Waals surface area contributed by atoms with Gasteiger partial charge in [-0.3, -0.25) is 4.79 Å². The first kappa shape index (κ1) is 15.6. The molecule has 1 atom stereocenters. The fourth-order valence-electron chi connectivity index (χ4n) is 3.34. The van der Waals surface area contributed by atoms with E-state index in [1.807, 2.05) is 24.3 Å². The molecule has 1 amide bonds. The molecule has 0 spiro atoms. The van der Waals surface area contributed by atoms with E-state index in [1.165, 1.54) is 19.3 Å². The maximum absolute atomic E-state index is 12.3. The topological polar surface area (TPSA) is 72.7 Å². The predicted octanol–water partition coefficient (Wildman–Crippen LogP) is 2.43. The second-order valence-corrected chi connectivity index (χ2v) is 6.99. The number of carbonyl (C=O) groups excluding carboxylic acids is 1. The van der Waals surface area contributed by atoms with E-state index < -0.39 is 0 Å². The lowest BCUT2D eigenvalue weighted by Crippen LogP contribution is -2.33. The molecule has 1 unspecified atom stereocenters. The van der Waals surface area contributed by atoms with Crippen molar-refractivity contribution in [2.75, 3.05) is 6.54 Å². The second kappa shape index (κ2) is 6.10. The Hall–Kier alpha value is -2.24. The van der Waals surface area contributed by atoms with Gasteiger partial charge in [0.2, 0.25) is 0 Å². The van der Waals surface area contributed by atoms with Crippen LogP contribution in [0.1, 0.15) is 43.5 Å². The zero-order valence-corrected chi connectivity index (χ0v) is 13.9. The van der Waals surface area contributed by atoms with E-state index in [2.05, 4.69) is 34.7 Å². The Balaban J connectivity index is 1.63. The van der Waals surface area contributed by atoms with Gasteiger partial charge in [-0.25, -0.2) is 4.68 Å². The number of carbonyl (C=O) groups is 1. The molecule has 1 aromatic carbocycles. The number of aryl methyl sites for hydroxylation is 1. The number of amides is 1. The van der Waals surface area contributed by atoms with Crippen molar-refractivity contribution in [3.63, 3.8) is 0 Å². The van der Waals surface area contributed by atoms with Gasteiger partial charge >= 0.3 is 0 Å². The highest BCUT2D eigenvalue weighted by Crippen LogP contribution is 2.42. The Bertz CT molecular complexity index is 689. The summed E-state index contributed by atoms with van der Waals surface area (Å²) < 4.78 is 1.61. The third-order valence-electron chi connectivity index (χ3n) is 5.01. The van der Waals surface area contributed by atoms with Gasteiger partial charge < -0.3 is 5.32 Å². The first-order valence-electron chi connectivity index (χ1n) is 8.08. The van der Waals surface area contributed by atoms with Crippen LogP contribution >= 0.6 is 0 Å². The Labute approximate surface area is 136 Å². The van der Waals surface area contributed by atoms with E-state index in [-0.39, 0.29) is 5.91 Å². The fraction of sp³-hybridized carbons (Fsp3) is 0.529. The summed E-state index contributed by atoms with van der Waals surface area (Å²) in [5.41, 5.74) is 1.89. The van der Waals surface area contributed by atoms with E-state index in [4.69, 9.17) is 0 Å². The van der Waals surface area contributed by atoms with Crippen LogP contribution in [0.15, 0.2) is 24.3 Å². The molecule has 1 saturated carbocycles. The molecule has 23 heavy (non-hydrogen) atoms. The SMILES string of the molecule is Cn1nnnc1-c1ccc(C(=O)NCC2CCCC2(C)C)cc1. The first-order chi connectivity index (χ1) is 11.0. The molecular formula is C17H23N5O. The maximum Gasteiger partial charge on any atom is 0.251 e. The van der Waals surface area contributed by atoms with Gasteiger partial charge in [-0.15, -0.1) is 5.10 Å². The largest absolute Gasteiger partial charge is 0.352 e. The molecule has 1 fully saturated rings. The van der Waals surface area contributed by atoms with Crippen LogP contribution in [0.3, 0.4) is 0 Å². The highest BCUT2D eigenvalue weighted by Gasteiger charge is 2.34. The third kappa shape index (κ3) is 3.25. The van der Waals surface area contributed by atoms with Gasteiger partial charge in [0.05, 0.1) is 0 Å². The summed E-state index contributed by atoms with van der Waals surface area (Å²) in [6.07, 6.45) is 3.70. The van der Waals surface area contributed by atoms with E-state index >= 15 is 0 Å². The molecule has 1 heterocycles. The van der Waals surface area contributed by atoms with Crippen molar-refractivity contribution in [2.24, 2.45) is 18.4 Å². The zero-order chi connectivity index (χ0) is 16.4. The number of hydrogen-bond acceptors (Lipinski definition) is 4. The molecule has 1 aliphatic carbocycles. The molecule has 122 valence electrons. The average molecular weight is 313 g/mol. The van der Waals surface area contributed by atoms with Gasteiger partial charge in [-0.05, 0) is 46.7 Å². The molecule has 2 aromatic rings. The number of aromatic nitrogens is 4. The number of benzene rings is 1. The molecule has 0 bridgehead atoms. The normalized spacial score (nSPS) is 19.7. The van der Waals surface area contributed by atoms with Crippen LogP contribution in [-0.2, 0) is 7.05 Å². The van der Waals surface area contributed by atoms with E-state index in [0.29, 0.717) is 22.7 Å². The summed E-state index contributed by atoms with van der Waals surface area (Å²) in [6, 6.07) is 7.39. The van der Waals surface area contributed by atoms with Crippen molar-refractivity contribution in [3.05, 3.63) is 29.8 Å². The van der Waals surface area contributed by atoms with Crippen LogP contribution in [0.4, 0.5) is 0 Å². The van der Waals surface area contributed by atoms with Crippen molar-refractivity contribution in [2.45, 2.75) is 33.1 Å². The first-order valence-corrected chi connectivity index (χ1v) is 8.08. The predicted molar refractivity (Wildman–Crippen MR) is 87.7 cm³/mol. The third-order valence-corrected chi connectivity index (χ3v) is 5.01. The number of hydrogen-bond donors (Lipinski definition) is 1. The summed E-state index contributed by atoms with van der Waals surface area (Å²) in [7, 11) is 1.79. The van der Waals surface area contributed by atoms with Gasteiger partial charge in [0, 0.05) is 24.7 Å². The van der Waals surface area contributed by atoms with Crippen LogP contribution < -0.4 is 5.32 Å². The molecule has 6 heteroatoms. The Morgan fingerprint density at radius 2 is 2.09 bits per heavy atom. The van der Waals surface area contributed by atoms with Crippen molar-refractivity contribution in [3.8, 4) is 11.4 Å². The second-order valence-electron chi connectivity index (χ2n) is 6.99. The molecule has 1 aromatic heterocycles. The molecule has 0 aliphatic heterocycles. The highest BCUT2D eigenvalue weighted by atomic mass is 16.1.